The Morgan fingerprint density at radius 3 is 2.90 bits per heavy atom. The highest BCUT2D eigenvalue weighted by molar-refractivity contribution is 9.10. The molecule has 0 saturated carbocycles. The van der Waals surface area contributed by atoms with Crippen LogP contribution in [0.5, 0.6) is 0 Å². The van der Waals surface area contributed by atoms with Crippen molar-refractivity contribution in [3.05, 3.63) is 39.9 Å². The van der Waals surface area contributed by atoms with Gasteiger partial charge in [-0.1, -0.05) is 15.9 Å². The van der Waals surface area contributed by atoms with Crippen molar-refractivity contribution in [2.45, 2.75) is 0 Å². The molecule has 0 unspecified atom stereocenters. The number of aromatic nitrogens is 2. The summed E-state index contributed by atoms with van der Waals surface area (Å²) in [4.78, 5) is 9.22. The summed E-state index contributed by atoms with van der Waals surface area (Å²) in [6.45, 7) is 0. The van der Waals surface area contributed by atoms with Crippen molar-refractivity contribution in [2.24, 2.45) is 5.84 Å². The van der Waals surface area contributed by atoms with E-state index in [0.29, 0.717) is 11.5 Å². The topological polar surface area (TPSA) is 75.9 Å². The van der Waals surface area contributed by atoms with E-state index in [1.54, 1.807) is 12.1 Å². The summed E-state index contributed by atoms with van der Waals surface area (Å²) in [5, 5.41) is 5.68. The van der Waals surface area contributed by atoms with Gasteiger partial charge in [-0.3, -0.25) is 5.43 Å². The van der Waals surface area contributed by atoms with Gasteiger partial charge in [-0.05, 0) is 29.6 Å². The Balaban J connectivity index is 2.09. The van der Waals surface area contributed by atoms with Crippen LogP contribution in [0.25, 0.3) is 10.2 Å². The molecule has 1 aromatic carbocycles. The summed E-state index contributed by atoms with van der Waals surface area (Å²) in [5.74, 6) is 5.76. The molecule has 0 saturated heterocycles. The fourth-order valence-electron chi connectivity index (χ4n) is 1.74. The number of hydrogen-bond donors (Lipinski definition) is 3. The maximum atomic E-state index is 13.8. The van der Waals surface area contributed by atoms with Crippen molar-refractivity contribution in [3.8, 4) is 0 Å². The lowest BCUT2D eigenvalue weighted by Crippen LogP contribution is -2.11. The summed E-state index contributed by atoms with van der Waals surface area (Å²) in [6.07, 6.45) is 0. The average Bonchev–Trinajstić information content (AvgIpc) is 2.91. The van der Waals surface area contributed by atoms with E-state index >= 15 is 0 Å². The Morgan fingerprint density at radius 2 is 2.10 bits per heavy atom. The van der Waals surface area contributed by atoms with Crippen LogP contribution in [0.4, 0.5) is 21.8 Å². The number of nitrogen functional groups attached to an aromatic ring is 1. The van der Waals surface area contributed by atoms with E-state index in [2.05, 4.69) is 36.6 Å². The number of thiophene rings is 1. The van der Waals surface area contributed by atoms with E-state index in [1.165, 1.54) is 17.4 Å². The Hall–Kier alpha value is -1.77. The van der Waals surface area contributed by atoms with Crippen molar-refractivity contribution in [1.82, 2.24) is 9.97 Å². The SMILES string of the molecule is NNc1nc(Nc2cc(Br)ccc2F)c2ccsc2n1. The molecule has 0 atom stereocenters. The maximum absolute atomic E-state index is 13.8. The lowest BCUT2D eigenvalue weighted by Gasteiger charge is -2.09. The zero-order valence-electron chi connectivity index (χ0n) is 10.0. The number of hydrazine groups is 1. The first-order valence-corrected chi connectivity index (χ1v) is 7.28. The second kappa shape index (κ2) is 5.31. The van der Waals surface area contributed by atoms with Gasteiger partial charge in [0.1, 0.15) is 16.5 Å². The normalized spacial score (nSPS) is 10.8. The Morgan fingerprint density at radius 1 is 1.25 bits per heavy atom. The van der Waals surface area contributed by atoms with E-state index in [4.69, 9.17) is 5.84 Å². The molecule has 0 amide bonds. The van der Waals surface area contributed by atoms with Gasteiger partial charge >= 0.3 is 0 Å². The van der Waals surface area contributed by atoms with Gasteiger partial charge in [-0.15, -0.1) is 11.3 Å². The summed E-state index contributed by atoms with van der Waals surface area (Å²) in [6, 6.07) is 6.53. The fourth-order valence-corrected chi connectivity index (χ4v) is 2.86. The molecule has 5 nitrogen and oxygen atoms in total. The predicted molar refractivity (Wildman–Crippen MR) is 82.6 cm³/mol. The van der Waals surface area contributed by atoms with Gasteiger partial charge < -0.3 is 5.32 Å². The molecular formula is C12H9BrFN5S. The van der Waals surface area contributed by atoms with Crippen LogP contribution < -0.4 is 16.6 Å². The first-order chi connectivity index (χ1) is 9.67. The summed E-state index contributed by atoms with van der Waals surface area (Å²) in [7, 11) is 0. The van der Waals surface area contributed by atoms with E-state index in [0.717, 1.165) is 14.7 Å². The van der Waals surface area contributed by atoms with E-state index in [1.807, 2.05) is 11.4 Å². The van der Waals surface area contributed by atoms with Gasteiger partial charge in [-0.25, -0.2) is 15.2 Å². The van der Waals surface area contributed by atoms with E-state index < -0.39 is 0 Å². The number of rotatable bonds is 3. The minimum Gasteiger partial charge on any atom is -0.337 e. The van der Waals surface area contributed by atoms with Crippen LogP contribution in [0.1, 0.15) is 0 Å². The van der Waals surface area contributed by atoms with Crippen molar-refractivity contribution in [1.29, 1.82) is 0 Å². The minimum absolute atomic E-state index is 0.276. The van der Waals surface area contributed by atoms with Crippen molar-refractivity contribution in [3.63, 3.8) is 0 Å². The fraction of sp³-hybridized carbons (Fsp3) is 0. The number of benzene rings is 1. The standard InChI is InChI=1S/C12H9BrFN5S/c13-6-1-2-8(14)9(5-6)16-10-7-3-4-20-11(7)18-12(17-10)19-15/h1-5H,15H2,(H2,16,17,18,19). The third kappa shape index (κ3) is 2.45. The average molecular weight is 354 g/mol. The number of nitrogens with two attached hydrogens (primary N) is 1. The van der Waals surface area contributed by atoms with E-state index in [9.17, 15) is 4.39 Å². The molecule has 0 aliphatic carbocycles. The molecule has 0 radical (unpaired) electrons. The number of fused-ring (bicyclic) bond motifs is 1. The highest BCUT2D eigenvalue weighted by Crippen LogP contribution is 2.30. The van der Waals surface area contributed by atoms with Crippen LogP contribution in [0.2, 0.25) is 0 Å². The maximum Gasteiger partial charge on any atom is 0.240 e. The molecule has 0 spiro atoms. The third-order valence-electron chi connectivity index (χ3n) is 2.64. The highest BCUT2D eigenvalue weighted by atomic mass is 79.9. The lowest BCUT2D eigenvalue weighted by atomic mass is 10.3. The molecule has 3 aromatic rings. The van der Waals surface area contributed by atoms with Crippen LogP contribution in [-0.4, -0.2) is 9.97 Å². The molecule has 2 aromatic heterocycles. The second-order valence-corrected chi connectivity index (χ2v) is 5.74. The van der Waals surface area contributed by atoms with Crippen molar-refractivity contribution >= 4 is 54.9 Å². The van der Waals surface area contributed by atoms with Gasteiger partial charge in [0.2, 0.25) is 5.95 Å². The zero-order valence-corrected chi connectivity index (χ0v) is 12.4. The van der Waals surface area contributed by atoms with Crippen LogP contribution in [0.3, 0.4) is 0 Å². The van der Waals surface area contributed by atoms with Crippen molar-refractivity contribution in [2.75, 3.05) is 10.7 Å². The largest absolute Gasteiger partial charge is 0.337 e. The molecule has 4 N–H and O–H groups in total. The molecule has 0 fully saturated rings. The Kier molecular flexibility index (Phi) is 3.51. The zero-order chi connectivity index (χ0) is 14.1. The quantitative estimate of drug-likeness (QED) is 0.495. The highest BCUT2D eigenvalue weighted by Gasteiger charge is 2.11. The summed E-state index contributed by atoms with van der Waals surface area (Å²) in [5.41, 5.74) is 2.73. The van der Waals surface area contributed by atoms with Crippen molar-refractivity contribution < 1.29 is 4.39 Å². The smallest absolute Gasteiger partial charge is 0.240 e. The number of hydrogen-bond acceptors (Lipinski definition) is 6. The molecule has 20 heavy (non-hydrogen) atoms. The monoisotopic (exact) mass is 353 g/mol. The number of halogens is 2. The van der Waals surface area contributed by atoms with Crippen LogP contribution >= 0.6 is 27.3 Å². The molecule has 0 aliphatic heterocycles. The first-order valence-electron chi connectivity index (χ1n) is 5.61. The first kappa shape index (κ1) is 13.2. The Labute approximate surface area is 126 Å². The molecule has 0 bridgehead atoms. The second-order valence-electron chi connectivity index (χ2n) is 3.93. The van der Waals surface area contributed by atoms with Gasteiger partial charge in [0, 0.05) is 4.47 Å². The number of nitrogens with zero attached hydrogens (tertiary/aromatic N) is 2. The lowest BCUT2D eigenvalue weighted by molar-refractivity contribution is 0.631. The van der Waals surface area contributed by atoms with Crippen LogP contribution in [-0.2, 0) is 0 Å². The van der Waals surface area contributed by atoms with E-state index in [-0.39, 0.29) is 11.8 Å². The number of nitrogens with one attached hydrogen (secondary N) is 2. The van der Waals surface area contributed by atoms with Crippen LogP contribution in [0.15, 0.2) is 34.1 Å². The summed E-state index contributed by atoms with van der Waals surface area (Å²) >= 11 is 4.77. The number of anilines is 3. The predicted octanol–water partition coefficient (Wildman–Crippen LogP) is 3.62. The van der Waals surface area contributed by atoms with Gasteiger partial charge in [0.15, 0.2) is 0 Å². The molecule has 8 heteroatoms. The van der Waals surface area contributed by atoms with Gasteiger partial charge in [-0.2, -0.15) is 4.98 Å². The van der Waals surface area contributed by atoms with Crippen LogP contribution in [0, 0.1) is 5.82 Å². The molecule has 2 heterocycles. The summed E-state index contributed by atoms with van der Waals surface area (Å²) < 4.78 is 14.6. The molecule has 0 aliphatic rings. The Bertz CT molecular complexity index is 776. The minimum atomic E-state index is -0.363. The van der Waals surface area contributed by atoms with Gasteiger partial charge in [0.05, 0.1) is 11.1 Å². The molecular weight excluding hydrogens is 345 g/mol. The molecule has 102 valence electrons. The van der Waals surface area contributed by atoms with Gasteiger partial charge in [0.25, 0.3) is 0 Å². The third-order valence-corrected chi connectivity index (χ3v) is 3.94. The molecule has 3 rings (SSSR count).